The second-order valence-electron chi connectivity index (χ2n) is 7.71. The van der Waals surface area contributed by atoms with Gasteiger partial charge in [0.1, 0.15) is 12.4 Å². The molecule has 1 saturated carbocycles. The van der Waals surface area contributed by atoms with Gasteiger partial charge in [0.05, 0.1) is 0 Å². The zero-order chi connectivity index (χ0) is 19.2. The first kappa shape index (κ1) is 22.6. The van der Waals surface area contributed by atoms with E-state index in [0.717, 1.165) is 24.2 Å². The molecule has 2 aromatic rings. The molecule has 1 unspecified atom stereocenters. The van der Waals surface area contributed by atoms with Gasteiger partial charge in [0.15, 0.2) is 11.8 Å². The maximum Gasteiger partial charge on any atom is 0.191 e. The Balaban J connectivity index is 0.00000280. The van der Waals surface area contributed by atoms with Crippen LogP contribution in [0, 0.1) is 13.8 Å². The number of guanidine groups is 1. The van der Waals surface area contributed by atoms with Crippen LogP contribution >= 0.6 is 24.0 Å². The van der Waals surface area contributed by atoms with Gasteiger partial charge in [-0.15, -0.1) is 34.2 Å². The average Bonchev–Trinajstić information content (AvgIpc) is 3.28. The van der Waals surface area contributed by atoms with Crippen LogP contribution in [0.25, 0.3) is 0 Å². The number of benzene rings is 1. The number of aryl methyl sites for hydroxylation is 2. The number of halogens is 1. The maximum absolute atomic E-state index is 4.79. The highest BCUT2D eigenvalue weighted by molar-refractivity contribution is 14.0. The van der Waals surface area contributed by atoms with Crippen LogP contribution in [-0.4, -0.2) is 33.3 Å². The molecule has 1 aromatic heterocycles. The van der Waals surface area contributed by atoms with Crippen LogP contribution in [0.4, 0.5) is 0 Å². The Hall–Kier alpha value is -1.64. The second-order valence-corrected chi connectivity index (χ2v) is 7.71. The predicted molar refractivity (Wildman–Crippen MR) is 125 cm³/mol. The summed E-state index contributed by atoms with van der Waals surface area (Å²) in [7, 11) is 1.98. The molecule has 154 valence electrons. The lowest BCUT2D eigenvalue weighted by Crippen LogP contribution is -2.43. The standard InChI is InChI=1S/C21H32N6.HI/c1-15-8-7-9-18(12-15)16(2)13-22-21(24-19-10-5-6-11-19)23-14-20-26-25-17(3)27(20)4;/h7-9,12,16,19H,5-6,10-11,13-14H2,1-4H3,(H2,22,23,24);1H. The quantitative estimate of drug-likeness (QED) is 0.363. The van der Waals surface area contributed by atoms with Crippen molar-refractivity contribution < 1.29 is 0 Å². The van der Waals surface area contributed by atoms with Crippen LogP contribution in [0.15, 0.2) is 29.3 Å². The summed E-state index contributed by atoms with van der Waals surface area (Å²) in [6.07, 6.45) is 5.04. The Morgan fingerprint density at radius 3 is 2.64 bits per heavy atom. The molecule has 1 heterocycles. The molecule has 0 saturated heterocycles. The maximum atomic E-state index is 4.79. The fourth-order valence-corrected chi connectivity index (χ4v) is 3.50. The first-order chi connectivity index (χ1) is 13.0. The molecule has 0 bridgehead atoms. The third kappa shape index (κ3) is 6.18. The van der Waals surface area contributed by atoms with Gasteiger partial charge in [-0.05, 0) is 38.2 Å². The van der Waals surface area contributed by atoms with E-state index in [9.17, 15) is 0 Å². The number of hydrogen-bond acceptors (Lipinski definition) is 3. The summed E-state index contributed by atoms with van der Waals surface area (Å²) < 4.78 is 1.99. The zero-order valence-corrected chi connectivity index (χ0v) is 19.7. The number of rotatable bonds is 6. The van der Waals surface area contributed by atoms with Crippen LogP contribution in [0.2, 0.25) is 0 Å². The van der Waals surface area contributed by atoms with E-state index < -0.39 is 0 Å². The van der Waals surface area contributed by atoms with Crippen molar-refractivity contribution in [2.45, 2.75) is 65.0 Å². The highest BCUT2D eigenvalue weighted by Crippen LogP contribution is 2.18. The fraction of sp³-hybridized carbons (Fsp3) is 0.571. The van der Waals surface area contributed by atoms with E-state index in [1.54, 1.807) is 0 Å². The number of aliphatic imine (C=N–C) groups is 1. The van der Waals surface area contributed by atoms with Crippen molar-refractivity contribution in [3.05, 3.63) is 47.0 Å². The zero-order valence-electron chi connectivity index (χ0n) is 17.4. The lowest BCUT2D eigenvalue weighted by Gasteiger charge is -2.20. The van der Waals surface area contributed by atoms with E-state index in [-0.39, 0.29) is 24.0 Å². The molecule has 1 aromatic carbocycles. The van der Waals surface area contributed by atoms with Gasteiger partial charge in [0.25, 0.3) is 0 Å². The summed E-state index contributed by atoms with van der Waals surface area (Å²) >= 11 is 0. The van der Waals surface area contributed by atoms with Gasteiger partial charge in [-0.2, -0.15) is 0 Å². The highest BCUT2D eigenvalue weighted by atomic mass is 127. The van der Waals surface area contributed by atoms with Crippen LogP contribution in [0.1, 0.15) is 61.3 Å². The fourth-order valence-electron chi connectivity index (χ4n) is 3.50. The molecule has 2 N–H and O–H groups in total. The minimum atomic E-state index is 0. The SMILES string of the molecule is Cc1cccc(C(C)CNC(=NCc2nnc(C)n2C)NC2CCCC2)c1.I. The van der Waals surface area contributed by atoms with E-state index in [4.69, 9.17) is 4.99 Å². The Labute approximate surface area is 185 Å². The summed E-state index contributed by atoms with van der Waals surface area (Å²) in [6.45, 7) is 7.72. The van der Waals surface area contributed by atoms with Gasteiger partial charge in [-0.3, -0.25) is 0 Å². The summed E-state index contributed by atoms with van der Waals surface area (Å²) in [5.41, 5.74) is 2.65. The molecule has 0 spiro atoms. The molecule has 0 aliphatic heterocycles. The van der Waals surface area contributed by atoms with Crippen LogP contribution in [0.3, 0.4) is 0 Å². The molecule has 7 heteroatoms. The monoisotopic (exact) mass is 496 g/mol. The van der Waals surface area contributed by atoms with E-state index in [0.29, 0.717) is 18.5 Å². The van der Waals surface area contributed by atoms with Gasteiger partial charge in [0, 0.05) is 19.6 Å². The van der Waals surface area contributed by atoms with Gasteiger partial charge < -0.3 is 15.2 Å². The van der Waals surface area contributed by atoms with Crippen molar-refractivity contribution in [1.29, 1.82) is 0 Å². The minimum absolute atomic E-state index is 0. The summed E-state index contributed by atoms with van der Waals surface area (Å²) in [4.78, 5) is 4.79. The molecular weight excluding hydrogens is 463 g/mol. The van der Waals surface area contributed by atoms with E-state index in [1.807, 2.05) is 18.5 Å². The molecule has 6 nitrogen and oxygen atoms in total. The number of nitrogens with one attached hydrogen (secondary N) is 2. The summed E-state index contributed by atoms with van der Waals surface area (Å²) in [6, 6.07) is 9.25. The first-order valence-corrected chi connectivity index (χ1v) is 9.99. The van der Waals surface area contributed by atoms with Gasteiger partial charge >= 0.3 is 0 Å². The van der Waals surface area contributed by atoms with Crippen molar-refractivity contribution in [2.24, 2.45) is 12.0 Å². The molecule has 1 aliphatic rings. The van der Waals surface area contributed by atoms with Crippen LogP contribution in [-0.2, 0) is 13.6 Å². The Morgan fingerprint density at radius 1 is 1.25 bits per heavy atom. The van der Waals surface area contributed by atoms with Crippen molar-refractivity contribution >= 4 is 29.9 Å². The minimum Gasteiger partial charge on any atom is -0.356 e. The third-order valence-electron chi connectivity index (χ3n) is 5.44. The predicted octanol–water partition coefficient (Wildman–Crippen LogP) is 3.83. The smallest absolute Gasteiger partial charge is 0.191 e. The largest absolute Gasteiger partial charge is 0.356 e. The lowest BCUT2D eigenvalue weighted by molar-refractivity contribution is 0.601. The molecule has 1 atom stereocenters. The number of aromatic nitrogens is 3. The average molecular weight is 496 g/mol. The summed E-state index contributed by atoms with van der Waals surface area (Å²) in [5, 5.41) is 15.5. The van der Waals surface area contributed by atoms with Crippen molar-refractivity contribution in [1.82, 2.24) is 25.4 Å². The van der Waals surface area contributed by atoms with E-state index >= 15 is 0 Å². The van der Waals surface area contributed by atoms with Crippen molar-refractivity contribution in [3.8, 4) is 0 Å². The molecule has 3 rings (SSSR count). The topological polar surface area (TPSA) is 67.1 Å². The van der Waals surface area contributed by atoms with Crippen LogP contribution in [0.5, 0.6) is 0 Å². The van der Waals surface area contributed by atoms with Crippen molar-refractivity contribution in [3.63, 3.8) is 0 Å². The Bertz CT molecular complexity index is 779. The third-order valence-corrected chi connectivity index (χ3v) is 5.44. The van der Waals surface area contributed by atoms with E-state index in [2.05, 4.69) is 58.9 Å². The molecule has 0 radical (unpaired) electrons. The molecular formula is C21H33IN6. The normalized spacial score (nSPS) is 15.9. The highest BCUT2D eigenvalue weighted by Gasteiger charge is 2.17. The van der Waals surface area contributed by atoms with Gasteiger partial charge in [-0.1, -0.05) is 49.6 Å². The van der Waals surface area contributed by atoms with Gasteiger partial charge in [-0.25, -0.2) is 4.99 Å². The Morgan fingerprint density at radius 2 is 2.00 bits per heavy atom. The van der Waals surface area contributed by atoms with E-state index in [1.165, 1.54) is 36.8 Å². The number of nitrogens with zero attached hydrogens (tertiary/aromatic N) is 4. The molecule has 1 fully saturated rings. The Kier molecular flexibility index (Phi) is 8.72. The lowest BCUT2D eigenvalue weighted by atomic mass is 9.99. The van der Waals surface area contributed by atoms with Crippen LogP contribution < -0.4 is 10.6 Å². The molecule has 0 amide bonds. The van der Waals surface area contributed by atoms with Crippen molar-refractivity contribution in [2.75, 3.05) is 6.54 Å². The molecule has 1 aliphatic carbocycles. The first-order valence-electron chi connectivity index (χ1n) is 9.99. The summed E-state index contributed by atoms with van der Waals surface area (Å²) in [5.74, 6) is 3.08. The van der Waals surface area contributed by atoms with Gasteiger partial charge in [0.2, 0.25) is 0 Å². The second kappa shape index (κ2) is 10.8. The molecule has 28 heavy (non-hydrogen) atoms. The number of hydrogen-bond donors (Lipinski definition) is 2.